The lowest BCUT2D eigenvalue weighted by Gasteiger charge is -2.20. The lowest BCUT2D eigenvalue weighted by Crippen LogP contribution is -2.13. The minimum absolute atomic E-state index is 0.452. The lowest BCUT2D eigenvalue weighted by atomic mass is 9.85. The van der Waals surface area contributed by atoms with E-state index in [2.05, 4.69) is 95.9 Å². The molecule has 1 aromatic heterocycles. The minimum Gasteiger partial charge on any atom is -0.317 e. The summed E-state index contributed by atoms with van der Waals surface area (Å²) in [5, 5.41) is 3.38. The van der Waals surface area contributed by atoms with E-state index in [1.54, 1.807) is 0 Å². The molecule has 0 saturated carbocycles. The Kier molecular flexibility index (Phi) is 11.4. The van der Waals surface area contributed by atoms with Crippen LogP contribution in [0.15, 0.2) is 55.2 Å². The van der Waals surface area contributed by atoms with Gasteiger partial charge in [-0.1, -0.05) is 70.7 Å². The minimum atomic E-state index is 0.452. The van der Waals surface area contributed by atoms with Gasteiger partial charge in [0.25, 0.3) is 0 Å². The second-order valence-electron chi connectivity index (χ2n) is 9.45. The van der Waals surface area contributed by atoms with Gasteiger partial charge in [-0.15, -0.1) is 0 Å². The van der Waals surface area contributed by atoms with Gasteiger partial charge in [0.15, 0.2) is 0 Å². The molecule has 2 nitrogen and oxygen atoms in total. The molecule has 3 rings (SSSR count). The molecule has 0 bridgehead atoms. The van der Waals surface area contributed by atoms with Crippen LogP contribution < -0.4 is 5.32 Å². The number of rotatable bonds is 10. The maximum Gasteiger partial charge on any atom is 0.0405 e. The molecule has 0 saturated heterocycles. The molecule has 1 unspecified atom stereocenters. The van der Waals surface area contributed by atoms with E-state index in [0.717, 1.165) is 38.0 Å². The van der Waals surface area contributed by atoms with E-state index in [4.69, 9.17) is 4.98 Å². The van der Waals surface area contributed by atoms with E-state index >= 15 is 0 Å². The van der Waals surface area contributed by atoms with Crippen LogP contribution in [0.5, 0.6) is 0 Å². The van der Waals surface area contributed by atoms with Gasteiger partial charge in [-0.25, -0.2) is 0 Å². The number of pyridine rings is 1. The van der Waals surface area contributed by atoms with Crippen LogP contribution in [0.25, 0.3) is 16.7 Å². The van der Waals surface area contributed by atoms with E-state index in [-0.39, 0.29) is 0 Å². The zero-order valence-electron chi connectivity index (χ0n) is 23.4. The van der Waals surface area contributed by atoms with Gasteiger partial charge in [-0.2, -0.15) is 0 Å². The number of benzene rings is 2. The van der Waals surface area contributed by atoms with Crippen LogP contribution in [-0.4, -0.2) is 18.1 Å². The number of allylic oxidation sites excluding steroid dienone is 1. The van der Waals surface area contributed by atoms with Crippen molar-refractivity contribution in [2.75, 3.05) is 13.1 Å². The topological polar surface area (TPSA) is 24.9 Å². The highest BCUT2D eigenvalue weighted by molar-refractivity contribution is 5.69. The van der Waals surface area contributed by atoms with E-state index in [1.807, 2.05) is 20.0 Å². The van der Waals surface area contributed by atoms with Gasteiger partial charge in [-0.3, -0.25) is 4.98 Å². The zero-order chi connectivity index (χ0) is 26.0. The third-order valence-electron chi connectivity index (χ3n) is 6.92. The second-order valence-corrected chi connectivity index (χ2v) is 9.45. The SMILES string of the molecule is C=C(CCCNCC)c1ccc(-c2cnc(C)c(CC(C)c3c(C)ccc(C)c3C)c2)cc1.CC. The molecule has 2 heteroatoms. The Balaban J connectivity index is 0.00000210. The largest absolute Gasteiger partial charge is 0.317 e. The molecule has 0 spiro atoms. The normalized spacial score (nSPS) is 11.5. The summed E-state index contributed by atoms with van der Waals surface area (Å²) in [4.78, 5) is 4.76. The van der Waals surface area contributed by atoms with Crippen molar-refractivity contribution in [2.24, 2.45) is 0 Å². The van der Waals surface area contributed by atoms with Gasteiger partial charge in [0.1, 0.15) is 0 Å². The molecule has 0 fully saturated rings. The molecule has 0 radical (unpaired) electrons. The average Bonchev–Trinajstić information content (AvgIpc) is 2.87. The highest BCUT2D eigenvalue weighted by Gasteiger charge is 2.15. The summed E-state index contributed by atoms with van der Waals surface area (Å²) in [7, 11) is 0. The highest BCUT2D eigenvalue weighted by Crippen LogP contribution is 2.31. The average molecular weight is 471 g/mol. The van der Waals surface area contributed by atoms with E-state index in [1.165, 1.54) is 50.1 Å². The molecule has 1 N–H and O–H groups in total. The summed E-state index contributed by atoms with van der Waals surface area (Å²) >= 11 is 0. The van der Waals surface area contributed by atoms with Crippen LogP contribution in [0.2, 0.25) is 0 Å². The molecular weight excluding hydrogens is 424 g/mol. The van der Waals surface area contributed by atoms with E-state index < -0.39 is 0 Å². The molecule has 2 aromatic carbocycles. The van der Waals surface area contributed by atoms with Gasteiger partial charge in [-0.05, 0) is 117 Å². The van der Waals surface area contributed by atoms with Gasteiger partial charge in [0.2, 0.25) is 0 Å². The smallest absolute Gasteiger partial charge is 0.0405 e. The Morgan fingerprint density at radius 2 is 1.60 bits per heavy atom. The van der Waals surface area contributed by atoms with Gasteiger partial charge < -0.3 is 5.32 Å². The lowest BCUT2D eigenvalue weighted by molar-refractivity contribution is 0.683. The molecule has 35 heavy (non-hydrogen) atoms. The monoisotopic (exact) mass is 470 g/mol. The molecule has 1 atom stereocenters. The molecule has 0 aliphatic carbocycles. The molecule has 3 aromatic rings. The Bertz CT molecular complexity index is 1090. The van der Waals surface area contributed by atoms with Gasteiger partial charge in [0.05, 0.1) is 0 Å². The van der Waals surface area contributed by atoms with Crippen LogP contribution in [0.1, 0.15) is 85.5 Å². The quantitative estimate of drug-likeness (QED) is 0.300. The van der Waals surface area contributed by atoms with Gasteiger partial charge in [0, 0.05) is 17.5 Å². The molecule has 188 valence electrons. The first-order valence-corrected chi connectivity index (χ1v) is 13.3. The molecule has 1 heterocycles. The predicted octanol–water partition coefficient (Wildman–Crippen LogP) is 8.76. The second kappa shape index (κ2) is 14.0. The number of nitrogens with zero attached hydrogens (tertiary/aromatic N) is 1. The number of hydrogen-bond acceptors (Lipinski definition) is 2. The number of aromatic nitrogens is 1. The summed E-state index contributed by atoms with van der Waals surface area (Å²) in [6, 6.07) is 15.6. The van der Waals surface area contributed by atoms with Crippen LogP contribution in [0, 0.1) is 27.7 Å². The fourth-order valence-electron chi connectivity index (χ4n) is 4.75. The first-order chi connectivity index (χ1) is 16.8. The maximum absolute atomic E-state index is 4.76. The maximum atomic E-state index is 4.76. The summed E-state index contributed by atoms with van der Waals surface area (Å²) < 4.78 is 0. The number of hydrogen-bond donors (Lipinski definition) is 1. The Labute approximate surface area is 214 Å². The van der Waals surface area contributed by atoms with E-state index in [9.17, 15) is 0 Å². The molecule has 0 aliphatic rings. The fraction of sp³-hybridized carbons (Fsp3) is 0.424. The summed E-state index contributed by atoms with van der Waals surface area (Å²) in [6.07, 6.45) is 5.15. The van der Waals surface area contributed by atoms with Crippen LogP contribution in [0.3, 0.4) is 0 Å². The number of aryl methyl sites for hydroxylation is 3. The summed E-state index contributed by atoms with van der Waals surface area (Å²) in [6.45, 7) is 23.7. The fourth-order valence-corrected chi connectivity index (χ4v) is 4.75. The Morgan fingerprint density at radius 1 is 0.943 bits per heavy atom. The van der Waals surface area contributed by atoms with Crippen molar-refractivity contribution < 1.29 is 0 Å². The zero-order valence-corrected chi connectivity index (χ0v) is 23.4. The highest BCUT2D eigenvalue weighted by atomic mass is 14.8. The van der Waals surface area contributed by atoms with Crippen molar-refractivity contribution in [3.05, 3.63) is 94.3 Å². The Hall–Kier alpha value is -2.71. The van der Waals surface area contributed by atoms with Crippen molar-refractivity contribution >= 4 is 5.57 Å². The van der Waals surface area contributed by atoms with Crippen molar-refractivity contribution in [1.82, 2.24) is 10.3 Å². The number of nitrogens with one attached hydrogen (secondary N) is 1. The van der Waals surface area contributed by atoms with Gasteiger partial charge >= 0.3 is 0 Å². The van der Waals surface area contributed by atoms with Crippen molar-refractivity contribution in [2.45, 2.75) is 80.6 Å². The third-order valence-corrected chi connectivity index (χ3v) is 6.92. The standard InChI is InChI=1S/C31H40N2.C2H6/c1-8-32-17-9-10-22(3)27-13-15-28(16-14-27)30-19-29(26(7)33-20-30)18-24(5)31-23(4)12-11-21(2)25(31)6;1-2/h11-16,19-20,24,32H,3,8-10,17-18H2,1-2,4-7H3;1-2H3. The van der Waals surface area contributed by atoms with Crippen molar-refractivity contribution in [3.8, 4) is 11.1 Å². The van der Waals surface area contributed by atoms with Crippen LogP contribution in [0.4, 0.5) is 0 Å². The Morgan fingerprint density at radius 3 is 2.26 bits per heavy atom. The molecule has 0 aliphatic heterocycles. The van der Waals surface area contributed by atoms with Crippen LogP contribution in [-0.2, 0) is 6.42 Å². The summed E-state index contributed by atoms with van der Waals surface area (Å²) in [5.74, 6) is 0.452. The molecular formula is C33H46N2. The predicted molar refractivity (Wildman–Crippen MR) is 155 cm³/mol. The first-order valence-electron chi connectivity index (χ1n) is 13.3. The van der Waals surface area contributed by atoms with E-state index in [0.29, 0.717) is 5.92 Å². The summed E-state index contributed by atoms with van der Waals surface area (Å²) in [5.41, 5.74) is 12.9. The third kappa shape index (κ3) is 7.64. The first kappa shape index (κ1) is 28.5. The van der Waals surface area contributed by atoms with Crippen LogP contribution >= 0.6 is 0 Å². The molecule has 0 amide bonds. The van der Waals surface area contributed by atoms with Crippen molar-refractivity contribution in [1.29, 1.82) is 0 Å². The van der Waals surface area contributed by atoms with Crippen molar-refractivity contribution in [3.63, 3.8) is 0 Å².